The van der Waals surface area contributed by atoms with E-state index in [2.05, 4.69) is 13.8 Å². The predicted molar refractivity (Wildman–Crippen MR) is 90.8 cm³/mol. The van der Waals surface area contributed by atoms with Gasteiger partial charge in [-0.3, -0.25) is 0 Å². The van der Waals surface area contributed by atoms with Gasteiger partial charge >= 0.3 is 0 Å². The number of ether oxygens (including phenoxy) is 4. The molecule has 1 fully saturated rings. The SMILES string of the molecule is CCCCOCC1OC(O)[C@@H](OCCCC)C(OCCCC)[C@@H]1F. The van der Waals surface area contributed by atoms with Gasteiger partial charge in [-0.25, -0.2) is 4.39 Å². The highest BCUT2D eigenvalue weighted by atomic mass is 19.1. The molecule has 1 heterocycles. The molecule has 1 rings (SSSR count). The Balaban J connectivity index is 2.61. The van der Waals surface area contributed by atoms with E-state index in [1.54, 1.807) is 0 Å². The third-order valence-electron chi connectivity index (χ3n) is 4.13. The number of hydrogen-bond donors (Lipinski definition) is 1. The van der Waals surface area contributed by atoms with Crippen molar-refractivity contribution in [2.45, 2.75) is 90.1 Å². The van der Waals surface area contributed by atoms with Crippen molar-refractivity contribution in [2.75, 3.05) is 26.4 Å². The Hall–Kier alpha value is -0.270. The highest BCUT2D eigenvalue weighted by Crippen LogP contribution is 2.28. The second-order valence-corrected chi connectivity index (χ2v) is 6.32. The maximum atomic E-state index is 14.9. The van der Waals surface area contributed by atoms with Gasteiger partial charge in [0.1, 0.15) is 18.3 Å². The van der Waals surface area contributed by atoms with Gasteiger partial charge in [-0.2, -0.15) is 0 Å². The molecule has 0 aliphatic carbocycles. The van der Waals surface area contributed by atoms with E-state index in [-0.39, 0.29) is 6.61 Å². The van der Waals surface area contributed by atoms with Crippen LogP contribution in [0.4, 0.5) is 4.39 Å². The lowest BCUT2D eigenvalue weighted by Crippen LogP contribution is -2.59. The van der Waals surface area contributed by atoms with Crippen molar-refractivity contribution in [1.29, 1.82) is 0 Å². The van der Waals surface area contributed by atoms with Crippen molar-refractivity contribution in [3.8, 4) is 0 Å². The van der Waals surface area contributed by atoms with Crippen molar-refractivity contribution in [1.82, 2.24) is 0 Å². The van der Waals surface area contributed by atoms with Crippen LogP contribution in [-0.4, -0.2) is 62.3 Å². The van der Waals surface area contributed by atoms with E-state index in [1.165, 1.54) is 0 Å². The Morgan fingerprint density at radius 3 is 2.00 bits per heavy atom. The molecule has 0 bridgehead atoms. The zero-order chi connectivity index (χ0) is 17.8. The van der Waals surface area contributed by atoms with Crippen LogP contribution in [0.5, 0.6) is 0 Å². The maximum Gasteiger partial charge on any atom is 0.184 e. The molecule has 0 aromatic heterocycles. The first-order chi connectivity index (χ1) is 11.7. The molecule has 5 atom stereocenters. The van der Waals surface area contributed by atoms with Gasteiger partial charge in [-0.15, -0.1) is 0 Å². The first-order valence-electron chi connectivity index (χ1n) is 9.44. The molecule has 6 heteroatoms. The number of aliphatic hydroxyl groups is 1. The fraction of sp³-hybridized carbons (Fsp3) is 1.00. The van der Waals surface area contributed by atoms with Gasteiger partial charge in [0.2, 0.25) is 0 Å². The molecular weight excluding hydrogens is 315 g/mol. The number of halogens is 1. The Bertz CT molecular complexity index is 305. The smallest absolute Gasteiger partial charge is 0.184 e. The lowest BCUT2D eigenvalue weighted by molar-refractivity contribution is -0.294. The Morgan fingerprint density at radius 2 is 1.42 bits per heavy atom. The van der Waals surface area contributed by atoms with E-state index in [4.69, 9.17) is 18.9 Å². The van der Waals surface area contributed by atoms with Crippen LogP contribution in [-0.2, 0) is 18.9 Å². The van der Waals surface area contributed by atoms with Crippen molar-refractivity contribution < 1.29 is 28.4 Å². The lowest BCUT2D eigenvalue weighted by atomic mass is 10.00. The Labute approximate surface area is 145 Å². The van der Waals surface area contributed by atoms with Gasteiger partial charge in [0.25, 0.3) is 0 Å². The quantitative estimate of drug-likeness (QED) is 0.517. The molecular formula is C18H35FO5. The summed E-state index contributed by atoms with van der Waals surface area (Å²) in [5, 5.41) is 10.2. The summed E-state index contributed by atoms with van der Waals surface area (Å²) in [5.74, 6) is 0. The molecule has 0 spiro atoms. The van der Waals surface area contributed by atoms with Gasteiger partial charge in [0.05, 0.1) is 6.61 Å². The van der Waals surface area contributed by atoms with E-state index < -0.39 is 30.8 Å². The van der Waals surface area contributed by atoms with Crippen LogP contribution in [0.2, 0.25) is 0 Å². The molecule has 0 amide bonds. The van der Waals surface area contributed by atoms with Gasteiger partial charge in [-0.1, -0.05) is 40.0 Å². The summed E-state index contributed by atoms with van der Waals surface area (Å²) in [7, 11) is 0. The van der Waals surface area contributed by atoms with E-state index >= 15 is 0 Å². The van der Waals surface area contributed by atoms with Crippen LogP contribution in [0, 0.1) is 0 Å². The molecule has 5 nitrogen and oxygen atoms in total. The van der Waals surface area contributed by atoms with E-state index in [9.17, 15) is 9.50 Å². The zero-order valence-corrected chi connectivity index (χ0v) is 15.4. The predicted octanol–water partition coefficient (Wildman–Crippen LogP) is 3.23. The molecule has 144 valence electrons. The van der Waals surface area contributed by atoms with Gasteiger partial charge in [-0.05, 0) is 19.3 Å². The summed E-state index contributed by atoms with van der Waals surface area (Å²) in [6.07, 6.45) is 0.561. The Morgan fingerprint density at radius 1 is 0.875 bits per heavy atom. The highest BCUT2D eigenvalue weighted by molar-refractivity contribution is 4.91. The van der Waals surface area contributed by atoms with E-state index in [1.807, 2.05) is 6.92 Å². The van der Waals surface area contributed by atoms with Crippen molar-refractivity contribution in [3.05, 3.63) is 0 Å². The normalized spacial score (nSPS) is 30.6. The summed E-state index contributed by atoms with van der Waals surface area (Å²) in [5.41, 5.74) is 0. The van der Waals surface area contributed by atoms with Gasteiger partial charge in [0, 0.05) is 19.8 Å². The summed E-state index contributed by atoms with van der Waals surface area (Å²) in [4.78, 5) is 0. The second-order valence-electron chi connectivity index (χ2n) is 6.32. The number of hydrogen-bond acceptors (Lipinski definition) is 5. The molecule has 0 aromatic rings. The Kier molecular flexibility index (Phi) is 11.8. The average Bonchev–Trinajstić information content (AvgIpc) is 2.57. The van der Waals surface area contributed by atoms with Gasteiger partial charge in [0.15, 0.2) is 12.5 Å². The number of alkyl halides is 1. The monoisotopic (exact) mass is 350 g/mol. The van der Waals surface area contributed by atoms with Crippen molar-refractivity contribution in [3.63, 3.8) is 0 Å². The topological polar surface area (TPSA) is 57.2 Å². The number of aliphatic hydroxyl groups excluding tert-OH is 1. The number of unbranched alkanes of at least 4 members (excludes halogenated alkanes) is 3. The minimum absolute atomic E-state index is 0.119. The van der Waals surface area contributed by atoms with E-state index in [0.717, 1.165) is 38.5 Å². The molecule has 0 aromatic carbocycles. The largest absolute Gasteiger partial charge is 0.379 e. The summed E-state index contributed by atoms with van der Waals surface area (Å²) in [6, 6.07) is 0. The van der Waals surface area contributed by atoms with Crippen LogP contribution in [0.3, 0.4) is 0 Å². The molecule has 1 aliphatic rings. The number of rotatable bonds is 13. The minimum atomic E-state index is -1.38. The molecule has 1 aliphatic heterocycles. The highest BCUT2D eigenvalue weighted by Gasteiger charge is 2.47. The van der Waals surface area contributed by atoms with Crippen molar-refractivity contribution >= 4 is 0 Å². The fourth-order valence-electron chi connectivity index (χ4n) is 2.56. The molecule has 24 heavy (non-hydrogen) atoms. The minimum Gasteiger partial charge on any atom is -0.379 e. The zero-order valence-electron chi connectivity index (χ0n) is 15.4. The lowest BCUT2D eigenvalue weighted by Gasteiger charge is -2.41. The van der Waals surface area contributed by atoms with Crippen LogP contribution >= 0.6 is 0 Å². The second kappa shape index (κ2) is 13.0. The van der Waals surface area contributed by atoms with Crippen molar-refractivity contribution in [2.24, 2.45) is 0 Å². The van der Waals surface area contributed by atoms with Crippen LogP contribution in [0.25, 0.3) is 0 Å². The average molecular weight is 350 g/mol. The van der Waals surface area contributed by atoms with E-state index in [0.29, 0.717) is 19.8 Å². The first-order valence-corrected chi connectivity index (χ1v) is 9.44. The summed E-state index contributed by atoms with van der Waals surface area (Å²) < 4.78 is 37.1. The standard InChI is InChI=1S/C18H35FO5/c1-4-7-10-21-13-14-15(19)16(22-11-8-5-2)17(18(20)24-14)23-12-9-6-3/h14-18,20H,4-13H2,1-3H3/t14?,15-,16?,17+,18?/m1/s1. The molecule has 0 saturated carbocycles. The van der Waals surface area contributed by atoms with Gasteiger partial charge < -0.3 is 24.1 Å². The third kappa shape index (κ3) is 7.31. The fourth-order valence-corrected chi connectivity index (χ4v) is 2.56. The van der Waals surface area contributed by atoms with Crippen LogP contribution < -0.4 is 0 Å². The van der Waals surface area contributed by atoms with Crippen LogP contribution in [0.1, 0.15) is 59.3 Å². The van der Waals surface area contributed by atoms with Crippen LogP contribution in [0.15, 0.2) is 0 Å². The molecule has 3 unspecified atom stereocenters. The summed E-state index contributed by atoms with van der Waals surface area (Å²) >= 11 is 0. The summed E-state index contributed by atoms with van der Waals surface area (Å²) in [6.45, 7) is 7.76. The third-order valence-corrected chi connectivity index (χ3v) is 4.13. The first kappa shape index (κ1) is 21.8. The molecule has 1 N–H and O–H groups in total. The molecule has 0 radical (unpaired) electrons. The maximum absolute atomic E-state index is 14.9. The molecule has 1 saturated heterocycles.